The minimum atomic E-state index is -0.350. The van der Waals surface area contributed by atoms with E-state index in [1.165, 1.54) is 7.11 Å². The van der Waals surface area contributed by atoms with Gasteiger partial charge in [0.15, 0.2) is 0 Å². The Morgan fingerprint density at radius 1 is 1.44 bits per heavy atom. The third-order valence-electron chi connectivity index (χ3n) is 2.46. The first-order valence-corrected chi connectivity index (χ1v) is 5.44. The van der Waals surface area contributed by atoms with Crippen LogP contribution >= 0.6 is 0 Å². The molecule has 0 N–H and O–H groups in total. The molecule has 0 bridgehead atoms. The molecule has 1 aromatic carbocycles. The highest BCUT2D eigenvalue weighted by atomic mass is 16.5. The molecule has 0 atom stereocenters. The van der Waals surface area contributed by atoms with Gasteiger partial charge in [0.05, 0.1) is 25.4 Å². The molecule has 0 unspecified atom stereocenters. The van der Waals surface area contributed by atoms with Gasteiger partial charge in [-0.25, -0.2) is 9.48 Å². The Kier molecular flexibility index (Phi) is 3.52. The third kappa shape index (κ3) is 2.45. The maximum absolute atomic E-state index is 11.3. The first-order valence-electron chi connectivity index (χ1n) is 5.44. The molecule has 1 aromatic heterocycles. The van der Waals surface area contributed by atoms with Crippen LogP contribution in [0, 0.1) is 0 Å². The SMILES string of the molecule is C=CCn1cc(-c2ccc(C(=O)OC)cc2)nn1. The van der Waals surface area contributed by atoms with E-state index in [9.17, 15) is 4.79 Å². The quantitative estimate of drug-likeness (QED) is 0.608. The number of carbonyl (C=O) groups excluding carboxylic acids is 1. The van der Waals surface area contributed by atoms with E-state index in [4.69, 9.17) is 0 Å². The number of nitrogens with zero attached hydrogens (tertiary/aromatic N) is 3. The molecule has 2 aromatic rings. The van der Waals surface area contributed by atoms with Crippen molar-refractivity contribution in [2.45, 2.75) is 6.54 Å². The summed E-state index contributed by atoms with van der Waals surface area (Å²) in [4.78, 5) is 11.3. The highest BCUT2D eigenvalue weighted by Gasteiger charge is 2.07. The van der Waals surface area contributed by atoms with Crippen LogP contribution in [0.3, 0.4) is 0 Å². The fourth-order valence-corrected chi connectivity index (χ4v) is 1.55. The second-order valence-electron chi connectivity index (χ2n) is 3.68. The smallest absolute Gasteiger partial charge is 0.337 e. The highest BCUT2D eigenvalue weighted by Crippen LogP contribution is 2.17. The second kappa shape index (κ2) is 5.27. The summed E-state index contributed by atoms with van der Waals surface area (Å²) in [6.45, 7) is 4.26. The molecule has 2 rings (SSSR count). The maximum atomic E-state index is 11.3. The topological polar surface area (TPSA) is 57.0 Å². The van der Waals surface area contributed by atoms with Crippen LogP contribution in [-0.2, 0) is 11.3 Å². The average Bonchev–Trinajstić information content (AvgIpc) is 2.87. The lowest BCUT2D eigenvalue weighted by molar-refractivity contribution is 0.0601. The Balaban J connectivity index is 2.22. The molecule has 0 radical (unpaired) electrons. The molecule has 1 heterocycles. The summed E-state index contributed by atoms with van der Waals surface area (Å²) < 4.78 is 6.33. The average molecular weight is 243 g/mol. The molecule has 0 spiro atoms. The predicted molar refractivity (Wildman–Crippen MR) is 67.0 cm³/mol. The number of rotatable bonds is 4. The van der Waals surface area contributed by atoms with Gasteiger partial charge >= 0.3 is 5.97 Å². The molecule has 0 fully saturated rings. The molecule has 5 heteroatoms. The third-order valence-corrected chi connectivity index (χ3v) is 2.46. The minimum absolute atomic E-state index is 0.350. The molecular weight excluding hydrogens is 230 g/mol. The highest BCUT2D eigenvalue weighted by molar-refractivity contribution is 5.89. The van der Waals surface area contributed by atoms with E-state index in [1.807, 2.05) is 18.3 Å². The summed E-state index contributed by atoms with van der Waals surface area (Å²) in [5.41, 5.74) is 2.17. The van der Waals surface area contributed by atoms with Crippen molar-refractivity contribution in [1.82, 2.24) is 15.0 Å². The lowest BCUT2D eigenvalue weighted by Gasteiger charge is -2.00. The van der Waals surface area contributed by atoms with Gasteiger partial charge in [-0.15, -0.1) is 11.7 Å². The van der Waals surface area contributed by atoms with Crippen molar-refractivity contribution in [3.8, 4) is 11.3 Å². The van der Waals surface area contributed by atoms with E-state index in [0.29, 0.717) is 12.1 Å². The molecule has 0 aliphatic heterocycles. The van der Waals surface area contributed by atoms with E-state index < -0.39 is 0 Å². The van der Waals surface area contributed by atoms with Gasteiger partial charge in [-0.3, -0.25) is 0 Å². The van der Waals surface area contributed by atoms with Crippen LogP contribution < -0.4 is 0 Å². The number of hydrogen-bond acceptors (Lipinski definition) is 4. The second-order valence-corrected chi connectivity index (χ2v) is 3.68. The van der Waals surface area contributed by atoms with Crippen LogP contribution in [0.2, 0.25) is 0 Å². The summed E-state index contributed by atoms with van der Waals surface area (Å²) in [5.74, 6) is -0.350. The van der Waals surface area contributed by atoms with Gasteiger partial charge < -0.3 is 4.74 Å². The van der Waals surface area contributed by atoms with Crippen molar-refractivity contribution in [2.24, 2.45) is 0 Å². The number of allylic oxidation sites excluding steroid dienone is 1. The van der Waals surface area contributed by atoms with Gasteiger partial charge in [-0.2, -0.15) is 0 Å². The molecule has 18 heavy (non-hydrogen) atoms. The largest absolute Gasteiger partial charge is 0.465 e. The Labute approximate surface area is 105 Å². The summed E-state index contributed by atoms with van der Waals surface area (Å²) >= 11 is 0. The summed E-state index contributed by atoms with van der Waals surface area (Å²) in [5, 5.41) is 8.01. The number of carbonyl (C=O) groups is 1. The van der Waals surface area contributed by atoms with Gasteiger partial charge in [-0.1, -0.05) is 23.4 Å². The Morgan fingerprint density at radius 2 is 2.17 bits per heavy atom. The van der Waals surface area contributed by atoms with E-state index in [1.54, 1.807) is 22.9 Å². The molecule has 92 valence electrons. The van der Waals surface area contributed by atoms with Crippen molar-refractivity contribution in [3.05, 3.63) is 48.7 Å². The molecule has 0 amide bonds. The number of aromatic nitrogens is 3. The number of methoxy groups -OCH3 is 1. The van der Waals surface area contributed by atoms with E-state index in [2.05, 4.69) is 21.6 Å². The summed E-state index contributed by atoms with van der Waals surface area (Å²) in [6.07, 6.45) is 3.58. The van der Waals surface area contributed by atoms with E-state index in [0.717, 1.165) is 11.3 Å². The van der Waals surface area contributed by atoms with Gasteiger partial charge in [0.25, 0.3) is 0 Å². The van der Waals surface area contributed by atoms with Crippen LogP contribution in [0.15, 0.2) is 43.1 Å². The Morgan fingerprint density at radius 3 is 2.78 bits per heavy atom. The fraction of sp³-hybridized carbons (Fsp3) is 0.154. The normalized spacial score (nSPS) is 10.1. The molecular formula is C13H13N3O2. The van der Waals surface area contributed by atoms with Crippen molar-refractivity contribution >= 4 is 5.97 Å². The molecule has 0 saturated heterocycles. The molecule has 5 nitrogen and oxygen atoms in total. The van der Waals surface area contributed by atoms with E-state index in [-0.39, 0.29) is 5.97 Å². The van der Waals surface area contributed by atoms with Gasteiger partial charge in [0.2, 0.25) is 0 Å². The first kappa shape index (κ1) is 12.0. The van der Waals surface area contributed by atoms with Gasteiger partial charge in [-0.05, 0) is 12.1 Å². The maximum Gasteiger partial charge on any atom is 0.337 e. The molecule has 0 saturated carbocycles. The van der Waals surface area contributed by atoms with Crippen molar-refractivity contribution in [1.29, 1.82) is 0 Å². The zero-order valence-corrected chi connectivity index (χ0v) is 10.0. The zero-order chi connectivity index (χ0) is 13.0. The lowest BCUT2D eigenvalue weighted by Crippen LogP contribution is -2.00. The number of hydrogen-bond donors (Lipinski definition) is 0. The van der Waals surface area contributed by atoms with Crippen LogP contribution in [0.4, 0.5) is 0 Å². The lowest BCUT2D eigenvalue weighted by atomic mass is 10.1. The van der Waals surface area contributed by atoms with Crippen LogP contribution in [0.5, 0.6) is 0 Å². The number of benzene rings is 1. The summed E-state index contributed by atoms with van der Waals surface area (Å²) in [7, 11) is 1.36. The summed E-state index contributed by atoms with van der Waals surface area (Å²) in [6, 6.07) is 7.03. The van der Waals surface area contributed by atoms with Crippen LogP contribution in [0.25, 0.3) is 11.3 Å². The van der Waals surface area contributed by atoms with Gasteiger partial charge in [0.1, 0.15) is 5.69 Å². The first-order chi connectivity index (χ1) is 8.74. The fourth-order valence-electron chi connectivity index (χ4n) is 1.55. The van der Waals surface area contributed by atoms with E-state index >= 15 is 0 Å². The minimum Gasteiger partial charge on any atom is -0.465 e. The molecule has 0 aliphatic carbocycles. The Hall–Kier alpha value is -2.43. The van der Waals surface area contributed by atoms with Crippen molar-refractivity contribution in [3.63, 3.8) is 0 Å². The number of esters is 1. The van der Waals surface area contributed by atoms with Crippen molar-refractivity contribution in [2.75, 3.05) is 7.11 Å². The monoisotopic (exact) mass is 243 g/mol. The predicted octanol–water partition coefficient (Wildman–Crippen LogP) is 1.92. The number of ether oxygens (including phenoxy) is 1. The van der Waals surface area contributed by atoms with Crippen LogP contribution in [0.1, 0.15) is 10.4 Å². The van der Waals surface area contributed by atoms with Gasteiger partial charge in [0, 0.05) is 5.56 Å². The van der Waals surface area contributed by atoms with Crippen LogP contribution in [-0.4, -0.2) is 28.1 Å². The Bertz CT molecular complexity index is 558. The molecule has 0 aliphatic rings. The van der Waals surface area contributed by atoms with Crippen molar-refractivity contribution < 1.29 is 9.53 Å². The zero-order valence-electron chi connectivity index (χ0n) is 10.0. The standard InChI is InChI=1S/C13H13N3O2/c1-3-8-16-9-12(14-15-16)10-4-6-11(7-5-10)13(17)18-2/h3-7,9H,1,8H2,2H3.